The molecular formula is C30H38ClN3O2. The monoisotopic (exact) mass is 507 g/mol. The minimum Gasteiger partial charge on any atom is -0.396 e. The minimum atomic E-state index is -0.383. The topological polar surface area (TPSA) is 58.4 Å². The van der Waals surface area contributed by atoms with Gasteiger partial charge in [0.15, 0.2) is 0 Å². The summed E-state index contributed by atoms with van der Waals surface area (Å²) in [7, 11) is 0. The van der Waals surface area contributed by atoms with Crippen LogP contribution in [0, 0.1) is 5.92 Å². The molecule has 3 aliphatic rings. The van der Waals surface area contributed by atoms with E-state index in [1.54, 1.807) is 13.0 Å². The number of benzene rings is 1. The van der Waals surface area contributed by atoms with Crippen LogP contribution < -0.4 is 16.1 Å². The van der Waals surface area contributed by atoms with Crippen LogP contribution in [0.15, 0.2) is 35.6 Å². The number of aliphatic hydroxyl groups excluding tert-OH is 1. The van der Waals surface area contributed by atoms with E-state index in [1.165, 1.54) is 24.0 Å². The van der Waals surface area contributed by atoms with Crippen molar-refractivity contribution in [1.29, 1.82) is 0 Å². The standard InChI is InChI=1S/C30H38ClN3O2/c1-5-6-25-27(19(2)31)28(36)32-29-30(3,4)24-12-9-22(17-26(24)34(25)29)21-13-15-33(16-14-21)23-10-7-20(18-35)8-11-23/h5-6,9,12,17,20-21,23,35H,1,7-8,10-11,13-16,18H2,2-4H3/b25-6+,27-19-. The fourth-order valence-electron chi connectivity index (χ4n) is 6.72. The molecule has 1 N–H and O–H groups in total. The Morgan fingerprint density at radius 2 is 1.89 bits per heavy atom. The quantitative estimate of drug-likeness (QED) is 0.681. The van der Waals surface area contributed by atoms with Gasteiger partial charge in [0.1, 0.15) is 5.82 Å². The molecule has 1 aliphatic carbocycles. The van der Waals surface area contributed by atoms with Gasteiger partial charge in [-0.15, -0.1) is 0 Å². The van der Waals surface area contributed by atoms with Crippen molar-refractivity contribution in [1.82, 2.24) is 14.5 Å². The predicted octanol–water partition coefficient (Wildman–Crippen LogP) is 3.94. The number of aromatic nitrogens is 2. The van der Waals surface area contributed by atoms with Gasteiger partial charge in [0.2, 0.25) is 0 Å². The second kappa shape index (κ2) is 9.92. The molecule has 6 heteroatoms. The number of allylic oxidation sites excluding steroid dienone is 1. The number of halogens is 1. The molecule has 1 saturated heterocycles. The Labute approximate surface area is 218 Å². The van der Waals surface area contributed by atoms with Gasteiger partial charge in [-0.25, -0.2) is 0 Å². The fraction of sp³-hybridized carbons (Fsp3) is 0.533. The van der Waals surface area contributed by atoms with Crippen molar-refractivity contribution >= 4 is 22.7 Å². The lowest BCUT2D eigenvalue weighted by molar-refractivity contribution is 0.0907. The van der Waals surface area contributed by atoms with Gasteiger partial charge in [0, 0.05) is 17.7 Å². The largest absolute Gasteiger partial charge is 0.396 e. The van der Waals surface area contributed by atoms with Crippen LogP contribution in [0.3, 0.4) is 0 Å². The molecule has 5 nitrogen and oxygen atoms in total. The molecule has 1 aromatic heterocycles. The van der Waals surface area contributed by atoms with Crippen LogP contribution in [0.25, 0.3) is 16.8 Å². The van der Waals surface area contributed by atoms with Crippen LogP contribution >= 0.6 is 11.6 Å². The molecule has 2 aliphatic heterocycles. The van der Waals surface area contributed by atoms with Gasteiger partial charge in [0.05, 0.1) is 21.7 Å². The molecule has 2 fully saturated rings. The Balaban J connectivity index is 1.47. The van der Waals surface area contributed by atoms with Gasteiger partial charge < -0.3 is 10.0 Å². The predicted molar refractivity (Wildman–Crippen MR) is 147 cm³/mol. The van der Waals surface area contributed by atoms with Crippen molar-refractivity contribution in [2.75, 3.05) is 19.7 Å². The molecule has 0 atom stereocenters. The third-order valence-electron chi connectivity index (χ3n) is 8.84. The minimum absolute atomic E-state index is 0.289. The maximum absolute atomic E-state index is 13.0. The molecule has 3 heterocycles. The Hall–Kier alpha value is -2.21. The summed E-state index contributed by atoms with van der Waals surface area (Å²) in [4.78, 5) is 20.2. The molecule has 36 heavy (non-hydrogen) atoms. The van der Waals surface area contributed by atoms with E-state index >= 15 is 0 Å². The Kier molecular flexibility index (Phi) is 7.01. The molecule has 0 amide bonds. The van der Waals surface area contributed by atoms with Crippen LogP contribution in [0.5, 0.6) is 0 Å². The summed E-state index contributed by atoms with van der Waals surface area (Å²) < 4.78 is 2.12. The number of piperidine rings is 1. The zero-order valence-electron chi connectivity index (χ0n) is 21.8. The number of hydrogen-bond donors (Lipinski definition) is 1. The van der Waals surface area contributed by atoms with E-state index in [9.17, 15) is 9.90 Å². The molecule has 1 saturated carbocycles. The number of nitrogens with zero attached hydrogens (tertiary/aromatic N) is 3. The summed E-state index contributed by atoms with van der Waals surface area (Å²) in [5.41, 5.74) is 2.96. The Bertz CT molecular complexity index is 1340. The van der Waals surface area contributed by atoms with Gasteiger partial charge in [-0.2, -0.15) is 4.98 Å². The SMILES string of the molecule is C=C/C=c1\c(=C(/C)Cl)c(=O)nc2n1-c1cc(C3CCN(C4CCC(CO)CC4)CC3)ccc1C2(C)C. The van der Waals surface area contributed by atoms with E-state index in [4.69, 9.17) is 11.6 Å². The lowest BCUT2D eigenvalue weighted by atomic mass is 9.81. The Morgan fingerprint density at radius 1 is 1.19 bits per heavy atom. The summed E-state index contributed by atoms with van der Waals surface area (Å²) >= 11 is 6.39. The zero-order chi connectivity index (χ0) is 25.6. The van der Waals surface area contributed by atoms with Crippen molar-refractivity contribution in [2.24, 2.45) is 5.92 Å². The first-order chi connectivity index (χ1) is 17.3. The highest BCUT2D eigenvalue weighted by molar-refractivity contribution is 6.44. The highest BCUT2D eigenvalue weighted by atomic mass is 35.5. The third kappa shape index (κ3) is 4.29. The summed E-state index contributed by atoms with van der Waals surface area (Å²) in [6.07, 6.45) is 10.6. The first-order valence-electron chi connectivity index (χ1n) is 13.4. The van der Waals surface area contributed by atoms with Gasteiger partial charge in [0.25, 0.3) is 5.56 Å². The van der Waals surface area contributed by atoms with Crippen LogP contribution in [-0.2, 0) is 5.41 Å². The van der Waals surface area contributed by atoms with Crippen molar-refractivity contribution in [2.45, 2.75) is 76.7 Å². The van der Waals surface area contributed by atoms with Crippen molar-refractivity contribution in [3.63, 3.8) is 0 Å². The van der Waals surface area contributed by atoms with E-state index in [0.29, 0.717) is 34.7 Å². The van der Waals surface area contributed by atoms with Gasteiger partial charge >= 0.3 is 0 Å². The molecule has 0 unspecified atom stereocenters. The lowest BCUT2D eigenvalue weighted by Gasteiger charge is -2.40. The van der Waals surface area contributed by atoms with Crippen molar-refractivity contribution in [3.8, 4) is 5.69 Å². The number of aliphatic hydroxyl groups is 1. The zero-order valence-corrected chi connectivity index (χ0v) is 22.5. The highest BCUT2D eigenvalue weighted by Gasteiger charge is 2.39. The first kappa shape index (κ1) is 25.4. The van der Waals surface area contributed by atoms with E-state index in [0.717, 1.165) is 55.6 Å². The third-order valence-corrected chi connectivity index (χ3v) is 9.03. The number of fused-ring (bicyclic) bond motifs is 3. The highest BCUT2D eigenvalue weighted by Crippen LogP contribution is 2.42. The number of rotatable bonds is 4. The molecule has 2 aromatic rings. The number of likely N-dealkylation sites (tertiary alicyclic amines) is 1. The maximum atomic E-state index is 13.0. The second-order valence-corrected chi connectivity index (χ2v) is 11.9. The van der Waals surface area contributed by atoms with Crippen molar-refractivity contribution in [3.05, 3.63) is 68.7 Å². The van der Waals surface area contributed by atoms with E-state index < -0.39 is 0 Å². The van der Waals surface area contributed by atoms with Crippen LogP contribution in [0.2, 0.25) is 0 Å². The molecule has 0 bridgehead atoms. The van der Waals surface area contributed by atoms with Gasteiger partial charge in [-0.05, 0) is 107 Å². The molecular weight excluding hydrogens is 470 g/mol. The van der Waals surface area contributed by atoms with Crippen LogP contribution in [-0.4, -0.2) is 45.3 Å². The lowest BCUT2D eigenvalue weighted by Crippen LogP contribution is -2.48. The maximum Gasteiger partial charge on any atom is 0.282 e. The molecule has 0 spiro atoms. The van der Waals surface area contributed by atoms with Crippen molar-refractivity contribution < 1.29 is 5.11 Å². The average Bonchev–Trinajstić information content (AvgIpc) is 3.10. The Morgan fingerprint density at radius 3 is 2.50 bits per heavy atom. The smallest absolute Gasteiger partial charge is 0.282 e. The molecule has 0 radical (unpaired) electrons. The molecule has 5 rings (SSSR count). The summed E-state index contributed by atoms with van der Waals surface area (Å²) in [5.74, 6) is 1.78. The molecule has 1 aromatic carbocycles. The first-order valence-corrected chi connectivity index (χ1v) is 13.8. The summed E-state index contributed by atoms with van der Waals surface area (Å²) in [6.45, 7) is 12.5. The second-order valence-electron chi connectivity index (χ2n) is 11.3. The van der Waals surface area contributed by atoms with Gasteiger partial charge in [-0.3, -0.25) is 9.36 Å². The number of hydrogen-bond acceptors (Lipinski definition) is 4. The van der Waals surface area contributed by atoms with Crippen LogP contribution in [0.4, 0.5) is 0 Å². The molecule has 192 valence electrons. The van der Waals surface area contributed by atoms with Gasteiger partial charge in [-0.1, -0.05) is 36.4 Å². The van der Waals surface area contributed by atoms with E-state index in [2.05, 4.69) is 53.1 Å². The van der Waals surface area contributed by atoms with Crippen LogP contribution in [0.1, 0.15) is 82.2 Å². The average molecular weight is 508 g/mol. The van der Waals surface area contributed by atoms with E-state index in [1.807, 2.05) is 6.08 Å². The summed E-state index contributed by atoms with van der Waals surface area (Å²) in [5, 5.41) is 11.1. The normalized spacial score (nSPS) is 25.4. The van der Waals surface area contributed by atoms with E-state index in [-0.39, 0.29) is 11.0 Å². The fourth-order valence-corrected chi connectivity index (χ4v) is 6.90. The summed E-state index contributed by atoms with van der Waals surface area (Å²) in [6, 6.07) is 7.52.